The van der Waals surface area contributed by atoms with Crippen molar-refractivity contribution in [1.82, 2.24) is 4.31 Å². The second kappa shape index (κ2) is 5.09. The Morgan fingerprint density at radius 2 is 2.15 bits per heavy atom. The van der Waals surface area contributed by atoms with Crippen molar-refractivity contribution in [2.75, 3.05) is 18.8 Å². The molecule has 1 fully saturated rings. The molecule has 0 saturated carbocycles. The second-order valence-electron chi connectivity index (χ2n) is 5.28. The molecule has 0 spiro atoms. The summed E-state index contributed by atoms with van der Waals surface area (Å²) >= 11 is 1.73. The average molecular weight is 319 g/mol. The monoisotopic (exact) mass is 319 g/mol. The molecule has 0 atom stereocenters. The molecule has 0 bridgehead atoms. The van der Waals surface area contributed by atoms with E-state index in [0.717, 1.165) is 11.8 Å². The van der Waals surface area contributed by atoms with E-state index in [4.69, 9.17) is 9.52 Å². The smallest absolute Gasteiger partial charge is 0.371 e. The van der Waals surface area contributed by atoms with Gasteiger partial charge in [-0.25, -0.2) is 13.2 Å². The highest BCUT2D eigenvalue weighted by molar-refractivity contribution is 8.00. The van der Waals surface area contributed by atoms with Gasteiger partial charge in [-0.3, -0.25) is 0 Å². The number of rotatable bonds is 3. The van der Waals surface area contributed by atoms with Crippen LogP contribution < -0.4 is 0 Å². The Hall–Kier alpha value is -0.990. The van der Waals surface area contributed by atoms with E-state index in [1.807, 2.05) is 13.8 Å². The van der Waals surface area contributed by atoms with Crippen LogP contribution in [0.1, 0.15) is 30.2 Å². The highest BCUT2D eigenvalue weighted by Crippen LogP contribution is 2.33. The van der Waals surface area contributed by atoms with Gasteiger partial charge in [0.15, 0.2) is 0 Å². The molecule has 0 amide bonds. The third-order valence-electron chi connectivity index (χ3n) is 3.09. The molecular weight excluding hydrogens is 302 g/mol. The largest absolute Gasteiger partial charge is 0.475 e. The molecule has 1 saturated heterocycles. The molecule has 0 unspecified atom stereocenters. The Labute approximate surface area is 122 Å². The molecule has 0 aromatic carbocycles. The van der Waals surface area contributed by atoms with Gasteiger partial charge in [-0.15, -0.1) is 0 Å². The maximum atomic E-state index is 12.6. The first kappa shape index (κ1) is 15.4. The molecule has 1 N–H and O–H groups in total. The van der Waals surface area contributed by atoms with Crippen LogP contribution in [-0.2, 0) is 10.0 Å². The average Bonchev–Trinajstić information content (AvgIpc) is 2.71. The molecule has 1 aromatic heterocycles. The summed E-state index contributed by atoms with van der Waals surface area (Å²) in [5.74, 6) is -0.802. The lowest BCUT2D eigenvalue weighted by atomic mass is 10.2. The van der Waals surface area contributed by atoms with Gasteiger partial charge < -0.3 is 9.52 Å². The van der Waals surface area contributed by atoms with Gasteiger partial charge in [0.2, 0.25) is 15.8 Å². The first-order chi connectivity index (χ1) is 9.13. The number of hydrogen-bond donors (Lipinski definition) is 1. The first-order valence-corrected chi connectivity index (χ1v) is 8.54. The van der Waals surface area contributed by atoms with E-state index >= 15 is 0 Å². The summed E-state index contributed by atoms with van der Waals surface area (Å²) in [7, 11) is -3.71. The number of sulfonamides is 1. The third kappa shape index (κ3) is 2.87. The van der Waals surface area contributed by atoms with Crippen molar-refractivity contribution >= 4 is 27.8 Å². The normalized spacial score (nSPS) is 19.9. The molecule has 2 heterocycles. The van der Waals surface area contributed by atoms with Gasteiger partial charge in [0.05, 0.1) is 0 Å². The number of nitrogens with zero attached hydrogens (tertiary/aromatic N) is 1. The topological polar surface area (TPSA) is 87.8 Å². The molecule has 112 valence electrons. The molecule has 6 nitrogen and oxygen atoms in total. The standard InChI is InChI=1S/C12H17NO5S2/c1-8-10(6-9(18-8)11(14)15)20(16,17)13-4-5-19-12(2,3)7-13/h6H,4-5,7H2,1-3H3,(H,14,15). The zero-order valence-electron chi connectivity index (χ0n) is 11.5. The van der Waals surface area contributed by atoms with Crippen molar-refractivity contribution < 1.29 is 22.7 Å². The van der Waals surface area contributed by atoms with Crippen molar-refractivity contribution in [2.45, 2.75) is 30.4 Å². The minimum atomic E-state index is -3.71. The SMILES string of the molecule is Cc1oc(C(=O)O)cc1S(=O)(=O)N1CCSC(C)(C)C1. The van der Waals surface area contributed by atoms with Crippen molar-refractivity contribution in [1.29, 1.82) is 0 Å². The number of thioether (sulfide) groups is 1. The number of carboxylic acids is 1. The molecule has 1 aromatic rings. The van der Waals surface area contributed by atoms with E-state index in [2.05, 4.69) is 0 Å². The predicted molar refractivity (Wildman–Crippen MR) is 75.7 cm³/mol. The summed E-state index contributed by atoms with van der Waals surface area (Å²) in [6.45, 7) is 6.26. The Morgan fingerprint density at radius 3 is 2.65 bits per heavy atom. The number of furan rings is 1. The maximum absolute atomic E-state index is 12.6. The second-order valence-corrected chi connectivity index (χ2v) is 8.99. The van der Waals surface area contributed by atoms with Crippen LogP contribution in [0.5, 0.6) is 0 Å². The summed E-state index contributed by atoms with van der Waals surface area (Å²) in [5.41, 5.74) is 0. The van der Waals surface area contributed by atoms with Crippen LogP contribution in [0, 0.1) is 6.92 Å². The van der Waals surface area contributed by atoms with Gasteiger partial charge in [-0.05, 0) is 20.8 Å². The van der Waals surface area contributed by atoms with Gasteiger partial charge in [-0.1, -0.05) is 0 Å². The van der Waals surface area contributed by atoms with Gasteiger partial charge >= 0.3 is 5.97 Å². The van der Waals surface area contributed by atoms with Crippen LogP contribution in [0.3, 0.4) is 0 Å². The fourth-order valence-electron chi connectivity index (χ4n) is 2.14. The number of hydrogen-bond acceptors (Lipinski definition) is 5. The Kier molecular flexibility index (Phi) is 3.92. The van der Waals surface area contributed by atoms with Crippen LogP contribution in [0.25, 0.3) is 0 Å². The van der Waals surface area contributed by atoms with Crippen LogP contribution in [-0.4, -0.2) is 47.4 Å². The Balaban J connectivity index is 2.37. The van der Waals surface area contributed by atoms with E-state index in [1.54, 1.807) is 11.8 Å². The lowest BCUT2D eigenvalue weighted by molar-refractivity contribution is 0.0661. The Bertz CT molecular complexity index is 632. The van der Waals surface area contributed by atoms with E-state index in [1.165, 1.54) is 11.2 Å². The van der Waals surface area contributed by atoms with E-state index in [0.29, 0.717) is 13.1 Å². The van der Waals surface area contributed by atoms with Crippen LogP contribution >= 0.6 is 11.8 Å². The van der Waals surface area contributed by atoms with Gasteiger partial charge in [0.1, 0.15) is 10.7 Å². The van der Waals surface area contributed by atoms with E-state index in [-0.39, 0.29) is 21.2 Å². The highest BCUT2D eigenvalue weighted by Gasteiger charge is 2.36. The summed E-state index contributed by atoms with van der Waals surface area (Å²) in [6.07, 6.45) is 0. The third-order valence-corrected chi connectivity index (χ3v) is 6.34. The van der Waals surface area contributed by atoms with Crippen molar-refractivity contribution in [2.24, 2.45) is 0 Å². The predicted octanol–water partition coefficient (Wildman–Crippen LogP) is 1.80. The fraction of sp³-hybridized carbons (Fsp3) is 0.583. The molecule has 0 radical (unpaired) electrons. The summed E-state index contributed by atoms with van der Waals surface area (Å²) < 4.78 is 31.4. The lowest BCUT2D eigenvalue weighted by Gasteiger charge is -2.36. The quantitative estimate of drug-likeness (QED) is 0.914. The van der Waals surface area contributed by atoms with E-state index in [9.17, 15) is 13.2 Å². The van der Waals surface area contributed by atoms with Crippen molar-refractivity contribution in [3.05, 3.63) is 17.6 Å². The molecule has 0 aliphatic carbocycles. The highest BCUT2D eigenvalue weighted by atomic mass is 32.2. The fourth-order valence-corrected chi connectivity index (χ4v) is 5.22. The lowest BCUT2D eigenvalue weighted by Crippen LogP contribution is -2.46. The molecule has 8 heteroatoms. The number of aryl methyl sites for hydroxylation is 1. The first-order valence-electron chi connectivity index (χ1n) is 6.11. The van der Waals surface area contributed by atoms with Gasteiger partial charge in [-0.2, -0.15) is 16.1 Å². The van der Waals surface area contributed by atoms with Crippen molar-refractivity contribution in [3.8, 4) is 0 Å². The summed E-state index contributed by atoms with van der Waals surface area (Å²) in [6, 6.07) is 1.09. The molecular formula is C12H17NO5S2. The van der Waals surface area contributed by atoms with Gasteiger partial charge in [0, 0.05) is 29.7 Å². The summed E-state index contributed by atoms with van der Waals surface area (Å²) in [5, 5.41) is 8.88. The van der Waals surface area contributed by atoms with Crippen LogP contribution in [0.15, 0.2) is 15.4 Å². The number of aromatic carboxylic acids is 1. The zero-order chi connectivity index (χ0) is 15.1. The maximum Gasteiger partial charge on any atom is 0.371 e. The Morgan fingerprint density at radius 1 is 1.50 bits per heavy atom. The molecule has 1 aliphatic heterocycles. The number of carboxylic acid groups (broad SMARTS) is 1. The number of carbonyl (C=O) groups is 1. The van der Waals surface area contributed by atoms with Gasteiger partial charge in [0.25, 0.3) is 0 Å². The van der Waals surface area contributed by atoms with Crippen LogP contribution in [0.4, 0.5) is 0 Å². The minimum absolute atomic E-state index is 0.0578. The molecule has 20 heavy (non-hydrogen) atoms. The minimum Gasteiger partial charge on any atom is -0.475 e. The molecule has 2 rings (SSSR count). The van der Waals surface area contributed by atoms with Crippen LogP contribution in [0.2, 0.25) is 0 Å². The van der Waals surface area contributed by atoms with Crippen molar-refractivity contribution in [3.63, 3.8) is 0 Å². The summed E-state index contributed by atoms with van der Waals surface area (Å²) in [4.78, 5) is 10.8. The zero-order valence-corrected chi connectivity index (χ0v) is 13.2. The molecule has 1 aliphatic rings. The van der Waals surface area contributed by atoms with E-state index < -0.39 is 16.0 Å².